The fraction of sp³-hybridized carbons (Fsp3) is 0.429. The molecular formula is C21H20ClF3N8O4. The topological polar surface area (TPSA) is 131 Å². The summed E-state index contributed by atoms with van der Waals surface area (Å²) in [5.41, 5.74) is 1.62. The van der Waals surface area contributed by atoms with E-state index < -0.39 is 18.2 Å². The Morgan fingerprint density at radius 1 is 1.19 bits per heavy atom. The number of hydrogen-bond donors (Lipinski definition) is 1. The van der Waals surface area contributed by atoms with E-state index in [0.717, 1.165) is 23.9 Å². The zero-order chi connectivity index (χ0) is 26.3. The molecule has 1 N–H and O–H groups in total. The Morgan fingerprint density at radius 2 is 1.97 bits per heavy atom. The van der Waals surface area contributed by atoms with E-state index in [4.69, 9.17) is 16.3 Å². The van der Waals surface area contributed by atoms with Crippen molar-refractivity contribution >= 4 is 23.6 Å². The molecule has 0 saturated carbocycles. The first-order valence-electron chi connectivity index (χ1n) is 11.2. The van der Waals surface area contributed by atoms with Crippen molar-refractivity contribution in [3.8, 4) is 11.5 Å². The molecule has 2 amide bonds. The minimum atomic E-state index is -4.90. The molecular weight excluding hydrogens is 521 g/mol. The van der Waals surface area contributed by atoms with Crippen LogP contribution in [0.5, 0.6) is 11.5 Å². The van der Waals surface area contributed by atoms with Gasteiger partial charge < -0.3 is 19.3 Å². The van der Waals surface area contributed by atoms with Crippen molar-refractivity contribution in [2.45, 2.75) is 38.7 Å². The van der Waals surface area contributed by atoms with E-state index in [2.05, 4.69) is 30.2 Å². The molecule has 0 spiro atoms. The van der Waals surface area contributed by atoms with Crippen molar-refractivity contribution < 1.29 is 32.2 Å². The van der Waals surface area contributed by atoms with Crippen LogP contribution in [0.4, 0.5) is 18.0 Å². The van der Waals surface area contributed by atoms with E-state index in [1.165, 1.54) is 4.90 Å². The van der Waals surface area contributed by atoms with Gasteiger partial charge in [0.05, 0.1) is 23.3 Å². The first-order valence-corrected chi connectivity index (χ1v) is 11.6. The number of amides is 2. The van der Waals surface area contributed by atoms with Gasteiger partial charge in [-0.05, 0) is 19.1 Å². The van der Waals surface area contributed by atoms with Gasteiger partial charge in [0.2, 0.25) is 5.82 Å². The number of carbonyl (C=O) groups excluding carboxylic acids is 2. The van der Waals surface area contributed by atoms with Gasteiger partial charge in [0.1, 0.15) is 23.0 Å². The summed E-state index contributed by atoms with van der Waals surface area (Å²) >= 11 is 5.83. The van der Waals surface area contributed by atoms with Crippen molar-refractivity contribution in [3.63, 3.8) is 0 Å². The van der Waals surface area contributed by atoms with Crippen LogP contribution in [0.3, 0.4) is 0 Å². The lowest BCUT2D eigenvalue weighted by Gasteiger charge is -2.24. The van der Waals surface area contributed by atoms with Gasteiger partial charge in [-0.25, -0.2) is 14.5 Å². The van der Waals surface area contributed by atoms with Gasteiger partial charge in [-0.1, -0.05) is 16.8 Å². The number of rotatable bonds is 3. The number of nitrogens with one attached hydrogen (secondary N) is 1. The van der Waals surface area contributed by atoms with Crippen LogP contribution in [-0.2, 0) is 19.4 Å². The second kappa shape index (κ2) is 9.53. The number of aromatic amines is 1. The number of H-pyrrole nitrogens is 1. The highest BCUT2D eigenvalue weighted by molar-refractivity contribution is 6.32. The van der Waals surface area contributed by atoms with Gasteiger partial charge in [0.15, 0.2) is 0 Å². The predicted molar refractivity (Wildman–Crippen MR) is 119 cm³/mol. The summed E-state index contributed by atoms with van der Waals surface area (Å²) in [6.45, 7) is 3.06. The van der Waals surface area contributed by atoms with Gasteiger partial charge in [-0.2, -0.15) is 0 Å². The fourth-order valence-corrected chi connectivity index (χ4v) is 4.40. The Hall–Kier alpha value is -3.88. The number of fused-ring (bicyclic) bond motifs is 2. The second-order valence-electron chi connectivity index (χ2n) is 8.56. The Balaban J connectivity index is 1.22. The van der Waals surface area contributed by atoms with Crippen LogP contribution < -0.4 is 9.47 Å². The van der Waals surface area contributed by atoms with Crippen molar-refractivity contribution in [2.75, 3.05) is 19.6 Å². The normalized spacial score (nSPS) is 17.6. The third-order valence-corrected chi connectivity index (χ3v) is 6.25. The number of nitrogens with zero attached hydrogens (tertiary/aromatic N) is 7. The molecule has 196 valence electrons. The maximum absolute atomic E-state index is 13.0. The quantitative estimate of drug-likeness (QED) is 0.536. The molecule has 1 aromatic carbocycles. The molecule has 4 heterocycles. The van der Waals surface area contributed by atoms with E-state index in [9.17, 15) is 22.8 Å². The van der Waals surface area contributed by atoms with Crippen molar-refractivity contribution in [1.29, 1.82) is 0 Å². The number of ether oxygens (including phenoxy) is 2. The lowest BCUT2D eigenvalue weighted by atomic mass is 10.1. The average molecular weight is 541 g/mol. The largest absolute Gasteiger partial charge is 0.573 e. The van der Waals surface area contributed by atoms with Gasteiger partial charge in [0.25, 0.3) is 5.91 Å². The lowest BCUT2D eigenvalue weighted by molar-refractivity contribution is -0.274. The van der Waals surface area contributed by atoms with Crippen molar-refractivity contribution in [3.05, 3.63) is 46.3 Å². The van der Waals surface area contributed by atoms with Crippen LogP contribution in [0.25, 0.3) is 0 Å². The maximum Gasteiger partial charge on any atom is 0.573 e. The van der Waals surface area contributed by atoms with Crippen LogP contribution in [0, 0.1) is 0 Å². The Labute approximate surface area is 212 Å². The van der Waals surface area contributed by atoms with E-state index in [1.807, 2.05) is 6.92 Å². The van der Waals surface area contributed by atoms with E-state index in [1.54, 1.807) is 9.58 Å². The Morgan fingerprint density at radius 3 is 2.73 bits per heavy atom. The number of alkyl halides is 3. The lowest BCUT2D eigenvalue weighted by Crippen LogP contribution is -2.38. The zero-order valence-electron chi connectivity index (χ0n) is 19.3. The smallest absolute Gasteiger partial charge is 0.410 e. The van der Waals surface area contributed by atoms with E-state index >= 15 is 0 Å². The molecule has 1 unspecified atom stereocenters. The monoisotopic (exact) mass is 540 g/mol. The third-order valence-electron chi connectivity index (χ3n) is 5.96. The van der Waals surface area contributed by atoms with Crippen molar-refractivity contribution in [1.82, 2.24) is 40.0 Å². The SMILES string of the molecule is CC1CN(C(=O)Oc2ccc(OC(F)(F)F)c(Cl)c2)CCc2nc(C(=O)N3CCc4[nH]nnc4C3)nn21. The summed E-state index contributed by atoms with van der Waals surface area (Å²) in [6, 6.07) is 2.86. The average Bonchev–Trinajstić information content (AvgIpc) is 3.45. The van der Waals surface area contributed by atoms with Crippen LogP contribution in [-0.4, -0.2) is 78.0 Å². The third kappa shape index (κ3) is 5.30. The molecule has 0 saturated heterocycles. The van der Waals surface area contributed by atoms with E-state index in [-0.39, 0.29) is 41.6 Å². The molecule has 0 bridgehead atoms. The number of carbonyl (C=O) groups is 2. The Bertz CT molecular complexity index is 1340. The number of benzene rings is 1. The maximum atomic E-state index is 13.0. The fourth-order valence-electron chi connectivity index (χ4n) is 4.20. The molecule has 0 radical (unpaired) electrons. The molecule has 5 rings (SSSR count). The molecule has 2 aromatic heterocycles. The number of halogens is 4. The van der Waals surface area contributed by atoms with Gasteiger partial charge in [-0.15, -0.1) is 23.4 Å². The van der Waals surface area contributed by atoms with Gasteiger partial charge in [0, 0.05) is 38.5 Å². The number of hydrogen-bond acceptors (Lipinski definition) is 8. The summed E-state index contributed by atoms with van der Waals surface area (Å²) in [7, 11) is 0. The highest BCUT2D eigenvalue weighted by Crippen LogP contribution is 2.33. The summed E-state index contributed by atoms with van der Waals surface area (Å²) in [5, 5.41) is 14.6. The minimum absolute atomic E-state index is 0.0398. The van der Waals surface area contributed by atoms with Gasteiger partial charge in [-0.3, -0.25) is 9.89 Å². The van der Waals surface area contributed by atoms with Crippen LogP contribution >= 0.6 is 11.6 Å². The van der Waals surface area contributed by atoms with E-state index in [0.29, 0.717) is 37.4 Å². The first-order chi connectivity index (χ1) is 17.6. The summed E-state index contributed by atoms with van der Waals surface area (Å²) in [4.78, 5) is 33.2. The summed E-state index contributed by atoms with van der Waals surface area (Å²) in [5.74, 6) is -0.345. The highest BCUT2D eigenvalue weighted by Gasteiger charge is 2.33. The molecule has 16 heteroatoms. The van der Waals surface area contributed by atoms with Gasteiger partial charge >= 0.3 is 12.5 Å². The standard InChI is InChI=1S/C21H20ClF3N8O4/c1-11-9-32(20(35)36-12-2-3-16(13(22)8-12)37-21(23,24)25)7-5-17-26-18(29-33(11)17)19(34)31-6-4-14-15(10-31)28-30-27-14/h2-3,8,11H,4-7,9-10H2,1H3,(H,27,28,30). The molecule has 2 aliphatic heterocycles. The first kappa shape index (κ1) is 24.8. The molecule has 37 heavy (non-hydrogen) atoms. The van der Waals surface area contributed by atoms with Crippen molar-refractivity contribution in [2.24, 2.45) is 0 Å². The number of aromatic nitrogens is 6. The molecule has 1 atom stereocenters. The van der Waals surface area contributed by atoms with Crippen LogP contribution in [0.2, 0.25) is 5.02 Å². The van der Waals surface area contributed by atoms with Crippen LogP contribution in [0.1, 0.15) is 40.8 Å². The minimum Gasteiger partial charge on any atom is -0.410 e. The molecule has 0 fully saturated rings. The Kier molecular flexibility index (Phi) is 6.39. The van der Waals surface area contributed by atoms with Crippen LogP contribution in [0.15, 0.2) is 18.2 Å². The zero-order valence-corrected chi connectivity index (χ0v) is 20.1. The molecule has 12 nitrogen and oxygen atoms in total. The molecule has 2 aliphatic rings. The molecule has 3 aromatic rings. The summed E-state index contributed by atoms with van der Waals surface area (Å²) < 4.78 is 48.0. The summed E-state index contributed by atoms with van der Waals surface area (Å²) in [6.07, 6.45) is -4.70. The predicted octanol–water partition coefficient (Wildman–Crippen LogP) is 2.76. The molecule has 0 aliphatic carbocycles. The highest BCUT2D eigenvalue weighted by atomic mass is 35.5. The second-order valence-corrected chi connectivity index (χ2v) is 8.97.